The predicted molar refractivity (Wildman–Crippen MR) is 50.8 cm³/mol. The smallest absolute Gasteiger partial charge is 0.123 e. The molecule has 0 saturated carbocycles. The highest BCUT2D eigenvalue weighted by Gasteiger charge is 2.21. The second kappa shape index (κ2) is 3.94. The molecule has 72 valence electrons. The van der Waals surface area contributed by atoms with Gasteiger partial charge in [-0.1, -0.05) is 0 Å². The Kier molecular flexibility index (Phi) is 3.12. The average Bonchev–Trinajstić information content (AvgIpc) is 2.46. The van der Waals surface area contributed by atoms with E-state index in [-0.39, 0.29) is 24.3 Å². The van der Waals surface area contributed by atoms with Crippen molar-refractivity contribution in [3.63, 3.8) is 0 Å². The molecule has 1 unspecified atom stereocenters. The molecule has 0 fully saturated rings. The van der Waals surface area contributed by atoms with Crippen LogP contribution < -0.4 is 10.5 Å². The van der Waals surface area contributed by atoms with Crippen LogP contribution in [-0.2, 0) is 6.42 Å². The van der Waals surface area contributed by atoms with Gasteiger partial charge in [-0.05, 0) is 18.2 Å². The van der Waals surface area contributed by atoms with E-state index >= 15 is 0 Å². The van der Waals surface area contributed by atoms with Crippen molar-refractivity contribution in [2.45, 2.75) is 12.5 Å². The summed E-state index contributed by atoms with van der Waals surface area (Å²) in [4.78, 5) is 0. The minimum absolute atomic E-state index is 0. The molecule has 0 amide bonds. The van der Waals surface area contributed by atoms with Crippen LogP contribution in [0.3, 0.4) is 0 Å². The van der Waals surface area contributed by atoms with E-state index in [4.69, 9.17) is 10.5 Å². The van der Waals surface area contributed by atoms with E-state index < -0.39 is 0 Å². The molecule has 1 aromatic rings. The third-order valence-corrected chi connectivity index (χ3v) is 2.03. The zero-order valence-electron chi connectivity index (χ0n) is 7.00. The number of halogens is 2. The number of nitrogens with two attached hydrogens (primary N) is 1. The van der Waals surface area contributed by atoms with Crippen molar-refractivity contribution in [3.8, 4) is 5.75 Å². The fourth-order valence-electron chi connectivity index (χ4n) is 1.42. The fraction of sp³-hybridized carbons (Fsp3) is 0.333. The van der Waals surface area contributed by atoms with Crippen LogP contribution in [0, 0.1) is 5.82 Å². The molecule has 4 heteroatoms. The Morgan fingerprint density at radius 3 is 3.00 bits per heavy atom. The minimum atomic E-state index is -0.213. The molecule has 0 aliphatic carbocycles. The monoisotopic (exact) mass is 203 g/mol. The third kappa shape index (κ3) is 1.92. The second-order valence-electron chi connectivity index (χ2n) is 2.93. The Balaban J connectivity index is 0.000000845. The first-order chi connectivity index (χ1) is 5.79. The van der Waals surface area contributed by atoms with Gasteiger partial charge in [0.05, 0.1) is 0 Å². The number of hydrogen-bond acceptors (Lipinski definition) is 2. The molecular formula is C9H11ClFNO. The summed E-state index contributed by atoms with van der Waals surface area (Å²) in [5, 5.41) is 0. The molecule has 1 heterocycles. The summed E-state index contributed by atoms with van der Waals surface area (Å²) < 4.78 is 18.1. The van der Waals surface area contributed by atoms with Gasteiger partial charge in [0, 0.05) is 18.5 Å². The summed E-state index contributed by atoms with van der Waals surface area (Å²) in [6.45, 7) is 0.482. The first-order valence-corrected chi connectivity index (χ1v) is 3.95. The van der Waals surface area contributed by atoms with Crippen LogP contribution in [0.25, 0.3) is 0 Å². The molecule has 1 aliphatic heterocycles. The Labute approximate surface area is 82.3 Å². The van der Waals surface area contributed by atoms with Gasteiger partial charge >= 0.3 is 0 Å². The summed E-state index contributed by atoms with van der Waals surface area (Å²) in [5.41, 5.74) is 6.35. The first kappa shape index (κ1) is 10.3. The van der Waals surface area contributed by atoms with E-state index in [9.17, 15) is 4.39 Å². The van der Waals surface area contributed by atoms with Gasteiger partial charge in [0.15, 0.2) is 0 Å². The van der Waals surface area contributed by atoms with E-state index in [2.05, 4.69) is 0 Å². The standard InChI is InChI=1S/C9H10FNO.ClH/c10-7-1-2-9-6(3-7)4-8(5-11)12-9;/h1-3,8H,4-5,11H2;1H. The molecule has 1 aliphatic rings. The molecular weight excluding hydrogens is 193 g/mol. The molecule has 1 atom stereocenters. The summed E-state index contributed by atoms with van der Waals surface area (Å²) in [7, 11) is 0. The largest absolute Gasteiger partial charge is 0.488 e. The molecule has 13 heavy (non-hydrogen) atoms. The number of hydrogen-bond donors (Lipinski definition) is 1. The summed E-state index contributed by atoms with van der Waals surface area (Å²) in [6, 6.07) is 4.56. The van der Waals surface area contributed by atoms with E-state index in [0.29, 0.717) is 6.54 Å². The predicted octanol–water partition coefficient (Wildman–Crippen LogP) is 1.51. The van der Waals surface area contributed by atoms with Crippen LogP contribution in [0.1, 0.15) is 5.56 Å². The van der Waals surface area contributed by atoms with Gasteiger partial charge in [-0.15, -0.1) is 12.4 Å². The highest BCUT2D eigenvalue weighted by Crippen LogP contribution is 2.28. The molecule has 2 rings (SSSR count). The van der Waals surface area contributed by atoms with Gasteiger partial charge in [-0.2, -0.15) is 0 Å². The molecule has 0 bridgehead atoms. The van der Waals surface area contributed by atoms with E-state index in [1.165, 1.54) is 12.1 Å². The number of benzene rings is 1. The van der Waals surface area contributed by atoms with E-state index in [0.717, 1.165) is 17.7 Å². The van der Waals surface area contributed by atoms with E-state index in [1.807, 2.05) is 0 Å². The summed E-state index contributed by atoms with van der Waals surface area (Å²) in [5.74, 6) is 0.557. The minimum Gasteiger partial charge on any atom is -0.488 e. The maximum absolute atomic E-state index is 12.7. The molecule has 2 nitrogen and oxygen atoms in total. The van der Waals surface area contributed by atoms with Crippen LogP contribution in [0.2, 0.25) is 0 Å². The zero-order chi connectivity index (χ0) is 8.55. The summed E-state index contributed by atoms with van der Waals surface area (Å²) in [6.07, 6.45) is 0.755. The van der Waals surface area contributed by atoms with Crippen molar-refractivity contribution in [2.24, 2.45) is 5.73 Å². The van der Waals surface area contributed by atoms with Gasteiger partial charge < -0.3 is 10.5 Å². The summed E-state index contributed by atoms with van der Waals surface area (Å²) >= 11 is 0. The molecule has 2 N–H and O–H groups in total. The lowest BCUT2D eigenvalue weighted by Gasteiger charge is -2.05. The molecule has 0 saturated heterocycles. The average molecular weight is 204 g/mol. The van der Waals surface area contributed by atoms with Gasteiger partial charge in [0.1, 0.15) is 17.7 Å². The van der Waals surface area contributed by atoms with Gasteiger partial charge in [-0.25, -0.2) is 4.39 Å². The lowest BCUT2D eigenvalue weighted by atomic mass is 10.1. The SMILES string of the molecule is Cl.NCC1Cc2cc(F)ccc2O1. The van der Waals surface area contributed by atoms with Crippen molar-refractivity contribution in [1.29, 1.82) is 0 Å². The fourth-order valence-corrected chi connectivity index (χ4v) is 1.42. The number of ether oxygens (including phenoxy) is 1. The Bertz CT molecular complexity index is 306. The Morgan fingerprint density at radius 2 is 2.31 bits per heavy atom. The third-order valence-electron chi connectivity index (χ3n) is 2.03. The normalized spacial score (nSPS) is 18.8. The topological polar surface area (TPSA) is 35.2 Å². The van der Waals surface area contributed by atoms with Crippen molar-refractivity contribution >= 4 is 12.4 Å². The first-order valence-electron chi connectivity index (χ1n) is 3.95. The number of fused-ring (bicyclic) bond motifs is 1. The van der Waals surface area contributed by atoms with Crippen molar-refractivity contribution < 1.29 is 9.13 Å². The van der Waals surface area contributed by atoms with E-state index in [1.54, 1.807) is 6.07 Å². The van der Waals surface area contributed by atoms with Gasteiger partial charge in [-0.3, -0.25) is 0 Å². The second-order valence-corrected chi connectivity index (χ2v) is 2.93. The van der Waals surface area contributed by atoms with Gasteiger partial charge in [0.25, 0.3) is 0 Å². The maximum Gasteiger partial charge on any atom is 0.123 e. The quantitative estimate of drug-likeness (QED) is 0.751. The highest BCUT2D eigenvalue weighted by atomic mass is 35.5. The lowest BCUT2D eigenvalue weighted by molar-refractivity contribution is 0.241. The molecule has 0 radical (unpaired) electrons. The van der Waals surface area contributed by atoms with Gasteiger partial charge in [0.2, 0.25) is 0 Å². The van der Waals surface area contributed by atoms with Crippen molar-refractivity contribution in [2.75, 3.05) is 6.54 Å². The van der Waals surface area contributed by atoms with Crippen molar-refractivity contribution in [1.82, 2.24) is 0 Å². The van der Waals surface area contributed by atoms with Crippen LogP contribution in [-0.4, -0.2) is 12.6 Å². The zero-order valence-corrected chi connectivity index (χ0v) is 7.81. The molecule has 1 aromatic carbocycles. The van der Waals surface area contributed by atoms with Crippen LogP contribution in [0.5, 0.6) is 5.75 Å². The van der Waals surface area contributed by atoms with Crippen LogP contribution in [0.15, 0.2) is 18.2 Å². The van der Waals surface area contributed by atoms with Crippen LogP contribution in [0.4, 0.5) is 4.39 Å². The molecule has 0 spiro atoms. The van der Waals surface area contributed by atoms with Crippen molar-refractivity contribution in [3.05, 3.63) is 29.6 Å². The Morgan fingerprint density at radius 1 is 1.54 bits per heavy atom. The maximum atomic E-state index is 12.7. The number of rotatable bonds is 1. The highest BCUT2D eigenvalue weighted by molar-refractivity contribution is 5.85. The Hall–Kier alpha value is -0.800. The lowest BCUT2D eigenvalue weighted by Crippen LogP contribution is -2.24. The molecule has 0 aromatic heterocycles. The van der Waals surface area contributed by atoms with Crippen LogP contribution >= 0.6 is 12.4 Å².